The zero-order chi connectivity index (χ0) is 18.9. The molecule has 0 N–H and O–H groups in total. The summed E-state index contributed by atoms with van der Waals surface area (Å²) in [7, 11) is 0. The minimum atomic E-state index is -0.877. The normalized spacial score (nSPS) is 16.3. The maximum absolute atomic E-state index is 6.95. The van der Waals surface area contributed by atoms with Gasteiger partial charge < -0.3 is 0 Å². The lowest BCUT2D eigenvalue weighted by Crippen LogP contribution is -2.20. The number of halogens is 2. The zero-order valence-electron chi connectivity index (χ0n) is 15.7. The van der Waals surface area contributed by atoms with Crippen LogP contribution >= 0.6 is 23.2 Å². The van der Waals surface area contributed by atoms with Crippen LogP contribution in [0.5, 0.6) is 0 Å². The molecule has 0 heterocycles. The van der Waals surface area contributed by atoms with Crippen molar-refractivity contribution < 1.29 is 0 Å². The lowest BCUT2D eigenvalue weighted by atomic mass is 10.0. The SMILES string of the molecule is CCCCC(Cl)(/N=N/C(Cl)(CCCC)c1ccccc1)c1ccccc1. The van der Waals surface area contributed by atoms with Crippen LogP contribution in [-0.2, 0) is 10.00 Å². The summed E-state index contributed by atoms with van der Waals surface area (Å²) in [5.41, 5.74) is 1.92. The molecule has 140 valence electrons. The molecule has 0 bridgehead atoms. The number of rotatable bonds is 10. The van der Waals surface area contributed by atoms with Crippen LogP contribution in [0, 0.1) is 0 Å². The van der Waals surface area contributed by atoms with E-state index in [-0.39, 0.29) is 0 Å². The van der Waals surface area contributed by atoms with Crippen molar-refractivity contribution >= 4 is 23.2 Å². The molecule has 0 saturated carbocycles. The molecule has 0 aliphatic carbocycles. The molecule has 0 amide bonds. The quantitative estimate of drug-likeness (QED) is 0.223. The first-order chi connectivity index (χ1) is 12.5. The van der Waals surface area contributed by atoms with Gasteiger partial charge in [0.2, 0.25) is 0 Å². The van der Waals surface area contributed by atoms with Gasteiger partial charge in [0, 0.05) is 0 Å². The predicted octanol–water partition coefficient (Wildman–Crippen LogP) is 8.00. The van der Waals surface area contributed by atoms with Crippen molar-refractivity contribution in [2.75, 3.05) is 0 Å². The minimum Gasteiger partial charge on any atom is -0.164 e. The van der Waals surface area contributed by atoms with Gasteiger partial charge in [0.25, 0.3) is 0 Å². The molecule has 0 radical (unpaired) electrons. The molecule has 2 unspecified atom stereocenters. The van der Waals surface area contributed by atoms with E-state index in [1.165, 1.54) is 0 Å². The Kier molecular flexibility index (Phi) is 8.12. The molecule has 0 fully saturated rings. The molecular formula is C22H28Cl2N2. The maximum atomic E-state index is 6.95. The number of azo groups is 1. The molecular weight excluding hydrogens is 363 g/mol. The molecule has 0 aliphatic rings. The van der Waals surface area contributed by atoms with Crippen molar-refractivity contribution in [1.29, 1.82) is 0 Å². The van der Waals surface area contributed by atoms with Crippen molar-refractivity contribution in [2.45, 2.75) is 62.4 Å². The molecule has 2 rings (SSSR count). The molecule has 0 aromatic heterocycles. The molecule has 2 aromatic carbocycles. The van der Waals surface area contributed by atoms with Gasteiger partial charge in [0.1, 0.15) is 0 Å². The summed E-state index contributed by atoms with van der Waals surface area (Å²) >= 11 is 13.9. The topological polar surface area (TPSA) is 24.7 Å². The molecule has 2 nitrogen and oxygen atoms in total. The van der Waals surface area contributed by atoms with E-state index in [4.69, 9.17) is 23.2 Å². The summed E-state index contributed by atoms with van der Waals surface area (Å²) in [6.45, 7) is 4.30. The van der Waals surface area contributed by atoms with Crippen molar-refractivity contribution in [1.82, 2.24) is 0 Å². The maximum Gasteiger partial charge on any atom is 0.179 e. The number of nitrogens with zero attached hydrogens (tertiary/aromatic N) is 2. The third kappa shape index (κ3) is 5.56. The van der Waals surface area contributed by atoms with E-state index in [0.717, 1.165) is 49.7 Å². The number of benzene rings is 2. The van der Waals surface area contributed by atoms with Crippen molar-refractivity contribution in [3.8, 4) is 0 Å². The number of alkyl halides is 2. The fraction of sp³-hybridized carbons (Fsp3) is 0.455. The third-order valence-electron chi connectivity index (χ3n) is 4.52. The first kappa shape index (κ1) is 20.9. The summed E-state index contributed by atoms with van der Waals surface area (Å²) < 4.78 is 0. The lowest BCUT2D eigenvalue weighted by Gasteiger charge is -2.26. The van der Waals surface area contributed by atoms with Crippen LogP contribution in [-0.4, -0.2) is 0 Å². The Bertz CT molecular complexity index is 616. The first-order valence-corrected chi connectivity index (χ1v) is 10.2. The van der Waals surface area contributed by atoms with Crippen LogP contribution in [0.25, 0.3) is 0 Å². The fourth-order valence-electron chi connectivity index (χ4n) is 2.87. The highest BCUT2D eigenvalue weighted by atomic mass is 35.5. The molecule has 0 saturated heterocycles. The fourth-order valence-corrected chi connectivity index (χ4v) is 3.47. The average molecular weight is 391 g/mol. The number of unbranched alkanes of at least 4 members (excludes halogenated alkanes) is 2. The molecule has 2 atom stereocenters. The number of hydrogen-bond donors (Lipinski definition) is 0. The summed E-state index contributed by atoms with van der Waals surface area (Å²) in [6, 6.07) is 19.9. The Morgan fingerprint density at radius 2 is 1.00 bits per heavy atom. The Balaban J connectivity index is 2.37. The Labute approximate surface area is 167 Å². The average Bonchev–Trinajstić information content (AvgIpc) is 2.70. The molecule has 4 heteroatoms. The van der Waals surface area contributed by atoms with Crippen LogP contribution in [0.3, 0.4) is 0 Å². The largest absolute Gasteiger partial charge is 0.179 e. The van der Waals surface area contributed by atoms with Gasteiger partial charge in [-0.15, -0.1) is 0 Å². The second-order valence-corrected chi connectivity index (χ2v) is 7.91. The second-order valence-electron chi connectivity index (χ2n) is 6.66. The first-order valence-electron chi connectivity index (χ1n) is 9.47. The van der Waals surface area contributed by atoms with E-state index in [2.05, 4.69) is 24.1 Å². The second kappa shape index (κ2) is 10.1. The Morgan fingerprint density at radius 1 is 0.654 bits per heavy atom. The molecule has 26 heavy (non-hydrogen) atoms. The van der Waals surface area contributed by atoms with Gasteiger partial charge in [-0.2, -0.15) is 10.2 Å². The number of hydrogen-bond acceptors (Lipinski definition) is 2. The summed E-state index contributed by atoms with van der Waals surface area (Å²) in [5, 5.41) is 9.25. The van der Waals surface area contributed by atoms with E-state index < -0.39 is 10.00 Å². The molecule has 2 aromatic rings. The van der Waals surface area contributed by atoms with Crippen LogP contribution in [0.15, 0.2) is 70.9 Å². The van der Waals surface area contributed by atoms with Gasteiger partial charge in [-0.05, 0) is 36.8 Å². The zero-order valence-corrected chi connectivity index (χ0v) is 17.2. The van der Waals surface area contributed by atoms with Crippen molar-refractivity contribution in [3.63, 3.8) is 0 Å². The van der Waals surface area contributed by atoms with Gasteiger partial charge in [0.15, 0.2) is 10.00 Å². The van der Waals surface area contributed by atoms with Crippen LogP contribution in [0.4, 0.5) is 0 Å². The smallest absolute Gasteiger partial charge is 0.164 e. The van der Waals surface area contributed by atoms with E-state index in [0.29, 0.717) is 0 Å². The van der Waals surface area contributed by atoms with Gasteiger partial charge in [-0.3, -0.25) is 0 Å². The summed E-state index contributed by atoms with van der Waals surface area (Å²) in [6.07, 6.45) is 5.52. The summed E-state index contributed by atoms with van der Waals surface area (Å²) in [4.78, 5) is -1.75. The highest BCUT2D eigenvalue weighted by Gasteiger charge is 2.33. The monoisotopic (exact) mass is 390 g/mol. The van der Waals surface area contributed by atoms with Crippen molar-refractivity contribution in [2.24, 2.45) is 10.2 Å². The Hall–Kier alpha value is -1.38. The van der Waals surface area contributed by atoms with Crippen LogP contribution < -0.4 is 0 Å². The predicted molar refractivity (Wildman–Crippen MR) is 112 cm³/mol. The van der Waals surface area contributed by atoms with E-state index >= 15 is 0 Å². The van der Waals surface area contributed by atoms with Gasteiger partial charge in [0.05, 0.1) is 0 Å². The highest BCUT2D eigenvalue weighted by molar-refractivity contribution is 6.24. The van der Waals surface area contributed by atoms with E-state index in [1.54, 1.807) is 0 Å². The van der Waals surface area contributed by atoms with Crippen LogP contribution in [0.2, 0.25) is 0 Å². The van der Waals surface area contributed by atoms with Gasteiger partial charge in [-0.25, -0.2) is 0 Å². The molecule has 0 spiro atoms. The third-order valence-corrected chi connectivity index (χ3v) is 5.49. The standard InChI is InChI=1S/C22H28Cl2N2/c1-3-5-17-21(23,19-13-9-7-10-14-19)25-26-22(24,18-6-4-2)20-15-11-8-12-16-20/h7-16H,3-6,17-18H2,1-2H3/b26-25+. The highest BCUT2D eigenvalue weighted by Crippen LogP contribution is 2.41. The van der Waals surface area contributed by atoms with E-state index in [9.17, 15) is 0 Å². The Morgan fingerprint density at radius 3 is 1.31 bits per heavy atom. The minimum absolute atomic E-state index is 0.730. The van der Waals surface area contributed by atoms with Gasteiger partial charge >= 0.3 is 0 Å². The summed E-state index contributed by atoms with van der Waals surface area (Å²) in [5.74, 6) is 0. The van der Waals surface area contributed by atoms with Crippen molar-refractivity contribution in [3.05, 3.63) is 71.8 Å². The van der Waals surface area contributed by atoms with Crippen LogP contribution in [0.1, 0.15) is 63.5 Å². The molecule has 0 aliphatic heterocycles. The van der Waals surface area contributed by atoms with Gasteiger partial charge in [-0.1, -0.05) is 111 Å². The van der Waals surface area contributed by atoms with E-state index in [1.807, 2.05) is 60.7 Å². The lowest BCUT2D eigenvalue weighted by molar-refractivity contribution is 0.458.